The zero-order valence-corrected chi connectivity index (χ0v) is 23.7. The third kappa shape index (κ3) is 4.93. The number of nitrogens with one attached hydrogen (secondary N) is 1. The monoisotopic (exact) mass is 618 g/mol. The van der Waals surface area contributed by atoms with E-state index in [0.717, 1.165) is 91.4 Å². The molecule has 0 amide bonds. The van der Waals surface area contributed by atoms with Crippen LogP contribution in [0.5, 0.6) is 5.75 Å². The largest absolute Gasteiger partial charge is 0.497 e. The molecule has 5 heterocycles. The highest BCUT2D eigenvalue weighted by Gasteiger charge is 2.46. The maximum absolute atomic E-state index is 6.05. The van der Waals surface area contributed by atoms with E-state index in [1.54, 1.807) is 7.11 Å². The van der Waals surface area contributed by atoms with Crippen molar-refractivity contribution in [3.05, 3.63) is 39.7 Å². The Hall–Kier alpha value is -2.02. The Labute approximate surface area is 231 Å². The Balaban J connectivity index is 1.15. The van der Waals surface area contributed by atoms with E-state index in [1.165, 1.54) is 5.56 Å². The molecule has 0 radical (unpaired) electrons. The fraction of sp³-hybridized carbons (Fsp3) is 0.593. The molecule has 3 atom stereocenters. The van der Waals surface area contributed by atoms with Crippen LogP contribution in [0.2, 0.25) is 0 Å². The molecule has 3 saturated heterocycles. The maximum atomic E-state index is 6.05. The van der Waals surface area contributed by atoms with Gasteiger partial charge in [0.25, 0.3) is 0 Å². The number of nitrogens with zero attached hydrogens (tertiary/aromatic N) is 5. The Morgan fingerprint density at radius 2 is 2.00 bits per heavy atom. The van der Waals surface area contributed by atoms with E-state index >= 15 is 0 Å². The van der Waals surface area contributed by atoms with Crippen molar-refractivity contribution in [1.29, 1.82) is 0 Å². The summed E-state index contributed by atoms with van der Waals surface area (Å²) in [6, 6.07) is 8.90. The summed E-state index contributed by atoms with van der Waals surface area (Å²) in [5.74, 6) is 1.81. The predicted molar refractivity (Wildman–Crippen MR) is 150 cm³/mol. The van der Waals surface area contributed by atoms with Crippen molar-refractivity contribution >= 4 is 39.6 Å². The highest BCUT2D eigenvalue weighted by Crippen LogP contribution is 2.41. The lowest BCUT2D eigenvalue weighted by Crippen LogP contribution is -2.51. The molecule has 1 N–H and O–H groups in total. The first-order valence-electron chi connectivity index (χ1n) is 13.3. The van der Waals surface area contributed by atoms with E-state index in [9.17, 15) is 0 Å². The van der Waals surface area contributed by atoms with Gasteiger partial charge in [-0.05, 0) is 79.3 Å². The molecule has 198 valence electrons. The highest BCUT2D eigenvalue weighted by atomic mass is 127. The normalized spacial score (nSPS) is 24.6. The first kappa shape index (κ1) is 25.3. The zero-order chi connectivity index (χ0) is 25.4. The van der Waals surface area contributed by atoms with Crippen LogP contribution in [0.4, 0.5) is 5.82 Å². The van der Waals surface area contributed by atoms with Gasteiger partial charge in [-0.25, -0.2) is 14.6 Å². The molecule has 9 nitrogen and oxygen atoms in total. The summed E-state index contributed by atoms with van der Waals surface area (Å²) < 4.78 is 20.2. The van der Waals surface area contributed by atoms with Gasteiger partial charge >= 0.3 is 0 Å². The summed E-state index contributed by atoms with van der Waals surface area (Å²) in [4.78, 5) is 12.2. The minimum atomic E-state index is -0.0518. The van der Waals surface area contributed by atoms with Crippen molar-refractivity contribution in [2.45, 2.75) is 57.3 Å². The second-order valence-corrected chi connectivity index (χ2v) is 11.6. The Morgan fingerprint density at radius 3 is 2.73 bits per heavy atom. The summed E-state index contributed by atoms with van der Waals surface area (Å²) in [6.07, 6.45) is 7.20. The van der Waals surface area contributed by atoms with Gasteiger partial charge < -0.3 is 24.4 Å². The van der Waals surface area contributed by atoms with Crippen molar-refractivity contribution in [2.24, 2.45) is 5.41 Å². The molecule has 3 aliphatic heterocycles. The van der Waals surface area contributed by atoms with Gasteiger partial charge in [0, 0.05) is 37.2 Å². The third-order valence-corrected chi connectivity index (χ3v) is 9.07. The fourth-order valence-electron chi connectivity index (χ4n) is 5.98. The number of piperidine rings is 1. The van der Waals surface area contributed by atoms with E-state index in [4.69, 9.17) is 29.3 Å². The molecule has 0 saturated carbocycles. The Bertz CT molecular complexity index is 1220. The molecule has 2 aromatic heterocycles. The second kappa shape index (κ2) is 10.6. The topological polar surface area (TPSA) is 86.6 Å². The van der Waals surface area contributed by atoms with Crippen molar-refractivity contribution < 1.29 is 14.2 Å². The number of halogens is 1. The third-order valence-electron chi connectivity index (χ3n) is 8.34. The SMILES string of the molecule is COc1ccc([C@@H](C)N[C@@H]2COCC23CCN(c2cnc4c(I)nn(C5CCCCO5)c4n2)CC3)cc1. The lowest BCUT2D eigenvalue weighted by atomic mass is 9.74. The molecule has 3 aliphatic rings. The van der Waals surface area contributed by atoms with Gasteiger partial charge in [-0.1, -0.05) is 12.1 Å². The average molecular weight is 619 g/mol. The zero-order valence-electron chi connectivity index (χ0n) is 21.5. The molecule has 3 fully saturated rings. The van der Waals surface area contributed by atoms with Gasteiger partial charge in [-0.3, -0.25) is 0 Å². The lowest BCUT2D eigenvalue weighted by molar-refractivity contribution is -0.0372. The molecular weight excluding hydrogens is 583 g/mol. The summed E-state index contributed by atoms with van der Waals surface area (Å²) in [6.45, 7) is 6.44. The molecule has 10 heteroatoms. The molecule has 0 bridgehead atoms. The van der Waals surface area contributed by atoms with Crippen LogP contribution in [0.3, 0.4) is 0 Å². The number of methoxy groups -OCH3 is 1. The lowest BCUT2D eigenvalue weighted by Gasteiger charge is -2.43. The molecule has 6 rings (SSSR count). The fourth-order valence-corrected chi connectivity index (χ4v) is 6.59. The van der Waals surface area contributed by atoms with Crippen molar-refractivity contribution in [1.82, 2.24) is 25.1 Å². The van der Waals surface area contributed by atoms with Crippen LogP contribution in [0.15, 0.2) is 30.5 Å². The first-order chi connectivity index (χ1) is 18.1. The maximum Gasteiger partial charge on any atom is 0.182 e. The van der Waals surface area contributed by atoms with E-state index in [1.807, 2.05) is 23.0 Å². The van der Waals surface area contributed by atoms with Gasteiger partial charge in [-0.15, -0.1) is 0 Å². The minimum absolute atomic E-state index is 0.0518. The number of fused-ring (bicyclic) bond motifs is 1. The Kier molecular flexibility index (Phi) is 7.26. The van der Waals surface area contributed by atoms with Gasteiger partial charge in [0.1, 0.15) is 17.1 Å². The number of hydrogen-bond donors (Lipinski definition) is 1. The minimum Gasteiger partial charge on any atom is -0.497 e. The first-order valence-corrected chi connectivity index (χ1v) is 14.4. The number of benzene rings is 1. The molecule has 0 aliphatic carbocycles. The van der Waals surface area contributed by atoms with Crippen LogP contribution in [-0.2, 0) is 9.47 Å². The van der Waals surface area contributed by atoms with Crippen LogP contribution in [0.1, 0.15) is 56.9 Å². The van der Waals surface area contributed by atoms with Crippen molar-refractivity contribution in [2.75, 3.05) is 44.9 Å². The molecule has 37 heavy (non-hydrogen) atoms. The summed E-state index contributed by atoms with van der Waals surface area (Å²) in [5, 5.41) is 8.61. The number of rotatable bonds is 6. The number of anilines is 1. The summed E-state index contributed by atoms with van der Waals surface area (Å²) in [7, 11) is 1.70. The van der Waals surface area contributed by atoms with Crippen molar-refractivity contribution in [3.63, 3.8) is 0 Å². The Morgan fingerprint density at radius 1 is 1.19 bits per heavy atom. The summed E-state index contributed by atoms with van der Waals surface area (Å²) in [5.41, 5.74) is 3.08. The number of hydrogen-bond acceptors (Lipinski definition) is 8. The predicted octanol–water partition coefficient (Wildman–Crippen LogP) is 4.47. The van der Waals surface area contributed by atoms with E-state index < -0.39 is 0 Å². The van der Waals surface area contributed by atoms with Crippen LogP contribution in [0.25, 0.3) is 11.2 Å². The number of aromatic nitrogens is 4. The average Bonchev–Trinajstić information content (AvgIpc) is 3.49. The van der Waals surface area contributed by atoms with Gasteiger partial charge in [0.15, 0.2) is 15.6 Å². The van der Waals surface area contributed by atoms with Crippen LogP contribution in [0, 0.1) is 9.12 Å². The van der Waals surface area contributed by atoms with Gasteiger partial charge in [-0.2, -0.15) is 5.10 Å². The van der Waals surface area contributed by atoms with Crippen LogP contribution in [-0.4, -0.2) is 65.8 Å². The van der Waals surface area contributed by atoms with Gasteiger partial charge in [0.2, 0.25) is 0 Å². The molecule has 1 unspecified atom stereocenters. The van der Waals surface area contributed by atoms with E-state index in [2.05, 4.69) is 51.9 Å². The van der Waals surface area contributed by atoms with Gasteiger partial charge in [0.05, 0.1) is 26.5 Å². The molecule has 3 aromatic rings. The second-order valence-electron chi connectivity index (χ2n) is 10.5. The van der Waals surface area contributed by atoms with Crippen molar-refractivity contribution in [3.8, 4) is 5.75 Å². The molecule has 1 aromatic carbocycles. The van der Waals surface area contributed by atoms with E-state index in [0.29, 0.717) is 6.04 Å². The smallest absolute Gasteiger partial charge is 0.182 e. The van der Waals surface area contributed by atoms with Crippen LogP contribution >= 0.6 is 22.6 Å². The molecular formula is C27H35IN6O3. The van der Waals surface area contributed by atoms with E-state index in [-0.39, 0.29) is 17.7 Å². The highest BCUT2D eigenvalue weighted by molar-refractivity contribution is 14.1. The summed E-state index contributed by atoms with van der Waals surface area (Å²) >= 11 is 2.25. The quantitative estimate of drug-likeness (QED) is 0.405. The molecule has 1 spiro atoms. The standard InChI is InChI=1S/C27H35IN6O3/c1-18(19-6-8-20(35-2)9-7-19)30-21-16-36-17-27(21)10-12-33(13-11-27)22-15-29-24-25(28)32-34(26(24)31-22)23-5-3-4-14-37-23/h6-9,15,18,21,23,30H,3-5,10-14,16-17H2,1-2H3/t18-,21-,23?/m1/s1. The number of ether oxygens (including phenoxy) is 3. The van der Waals surface area contributed by atoms with Crippen LogP contribution < -0.4 is 15.0 Å².